The number of rotatable bonds is 1. The third-order valence-corrected chi connectivity index (χ3v) is 1.61. The number of hydrogen-bond acceptors (Lipinski definition) is 1. The minimum absolute atomic E-state index is 0.219. The second-order valence-corrected chi connectivity index (χ2v) is 2.93. The lowest BCUT2D eigenvalue weighted by molar-refractivity contribution is -0.139. The highest BCUT2D eigenvalue weighted by atomic mass is 35.5. The first kappa shape index (κ1) is 11.8. The van der Waals surface area contributed by atoms with Crippen LogP contribution in [0.2, 0.25) is 0 Å². The number of halogens is 5. The molecular formula is C8H4ClF4NO. The van der Waals surface area contributed by atoms with Crippen molar-refractivity contribution in [3.63, 3.8) is 0 Å². The zero-order valence-corrected chi connectivity index (χ0v) is 7.79. The standard InChI is InChI=1S/C8H4ClF4NO/c9-7(15)14-4-1-2-6(10)5(3-4)8(11,12)13/h1-3H,(H,14,15). The number of benzene rings is 1. The van der Waals surface area contributed by atoms with Gasteiger partial charge < -0.3 is 5.32 Å². The van der Waals surface area contributed by atoms with Crippen LogP contribution in [0, 0.1) is 5.82 Å². The quantitative estimate of drug-likeness (QED) is 0.454. The number of carbonyl (C=O) groups excluding carboxylic acids is 1. The summed E-state index contributed by atoms with van der Waals surface area (Å²) in [6.45, 7) is 0. The maximum Gasteiger partial charge on any atom is 0.419 e. The van der Waals surface area contributed by atoms with Crippen LogP contribution < -0.4 is 5.32 Å². The third kappa shape index (κ3) is 3.09. The molecule has 1 rings (SSSR count). The maximum atomic E-state index is 12.7. The molecule has 15 heavy (non-hydrogen) atoms. The Morgan fingerprint density at radius 2 is 1.93 bits per heavy atom. The van der Waals surface area contributed by atoms with E-state index in [9.17, 15) is 22.4 Å². The van der Waals surface area contributed by atoms with Crippen LogP contribution in [0.15, 0.2) is 18.2 Å². The van der Waals surface area contributed by atoms with E-state index in [1.165, 1.54) is 0 Å². The first-order valence-corrected chi connectivity index (χ1v) is 4.02. The second kappa shape index (κ2) is 4.06. The van der Waals surface area contributed by atoms with Crippen LogP contribution in [0.5, 0.6) is 0 Å². The Bertz CT molecular complexity index is 391. The van der Waals surface area contributed by atoms with Crippen molar-refractivity contribution < 1.29 is 22.4 Å². The van der Waals surface area contributed by atoms with Crippen LogP contribution in [0.25, 0.3) is 0 Å². The number of amides is 1. The van der Waals surface area contributed by atoms with Gasteiger partial charge in [0.2, 0.25) is 0 Å². The molecule has 0 heterocycles. The summed E-state index contributed by atoms with van der Waals surface area (Å²) in [5.74, 6) is -1.41. The van der Waals surface area contributed by atoms with Crippen molar-refractivity contribution in [3.05, 3.63) is 29.6 Å². The summed E-state index contributed by atoms with van der Waals surface area (Å²) >= 11 is 4.89. The molecule has 1 amide bonds. The van der Waals surface area contributed by atoms with E-state index in [0.29, 0.717) is 12.1 Å². The molecule has 1 N–H and O–H groups in total. The van der Waals surface area contributed by atoms with Gasteiger partial charge in [-0.25, -0.2) is 4.39 Å². The number of nitrogens with one attached hydrogen (secondary N) is 1. The van der Waals surface area contributed by atoms with E-state index < -0.39 is 22.9 Å². The van der Waals surface area contributed by atoms with Crippen molar-refractivity contribution in [3.8, 4) is 0 Å². The molecule has 0 unspecified atom stereocenters. The molecule has 1 aromatic carbocycles. The highest BCUT2D eigenvalue weighted by molar-refractivity contribution is 6.65. The average molecular weight is 242 g/mol. The fourth-order valence-corrected chi connectivity index (χ4v) is 1.04. The van der Waals surface area contributed by atoms with Crippen molar-refractivity contribution in [1.29, 1.82) is 0 Å². The summed E-state index contributed by atoms with van der Waals surface area (Å²) in [5, 5.41) is 0.858. The predicted octanol–water partition coefficient (Wildman–Crippen LogP) is 3.62. The Morgan fingerprint density at radius 3 is 2.40 bits per heavy atom. The van der Waals surface area contributed by atoms with Crippen molar-refractivity contribution in [2.24, 2.45) is 0 Å². The summed E-state index contributed by atoms with van der Waals surface area (Å²) in [6, 6.07) is 2.05. The van der Waals surface area contributed by atoms with Gasteiger partial charge in [-0.3, -0.25) is 4.79 Å². The molecule has 7 heteroatoms. The van der Waals surface area contributed by atoms with Gasteiger partial charge in [0, 0.05) is 5.69 Å². The molecule has 0 fully saturated rings. The first-order valence-electron chi connectivity index (χ1n) is 3.64. The zero-order valence-electron chi connectivity index (χ0n) is 7.03. The lowest BCUT2D eigenvalue weighted by atomic mass is 10.2. The normalized spacial score (nSPS) is 11.3. The topological polar surface area (TPSA) is 29.1 Å². The van der Waals surface area contributed by atoms with E-state index in [1.807, 2.05) is 5.32 Å². The van der Waals surface area contributed by atoms with Crippen LogP contribution in [0.4, 0.5) is 28.0 Å². The number of alkyl halides is 3. The summed E-state index contributed by atoms with van der Waals surface area (Å²) in [5.41, 5.74) is -1.67. The van der Waals surface area contributed by atoms with Crippen LogP contribution in [-0.2, 0) is 6.18 Å². The molecule has 0 saturated carbocycles. The molecule has 0 atom stereocenters. The second-order valence-electron chi connectivity index (χ2n) is 2.59. The number of hydrogen-bond donors (Lipinski definition) is 1. The van der Waals surface area contributed by atoms with Crippen LogP contribution in [-0.4, -0.2) is 5.37 Å². The van der Waals surface area contributed by atoms with Crippen molar-refractivity contribution in [2.75, 3.05) is 5.32 Å². The van der Waals surface area contributed by atoms with Gasteiger partial charge in [0.1, 0.15) is 5.82 Å². The van der Waals surface area contributed by atoms with Gasteiger partial charge in [0.25, 0.3) is 0 Å². The van der Waals surface area contributed by atoms with Crippen molar-refractivity contribution in [1.82, 2.24) is 0 Å². The van der Waals surface area contributed by atoms with Gasteiger partial charge >= 0.3 is 11.5 Å². The van der Waals surface area contributed by atoms with Gasteiger partial charge in [-0.2, -0.15) is 13.2 Å². The molecule has 2 nitrogen and oxygen atoms in total. The van der Waals surface area contributed by atoms with Crippen molar-refractivity contribution >= 4 is 22.7 Å². The van der Waals surface area contributed by atoms with Crippen LogP contribution in [0.1, 0.15) is 5.56 Å². The molecule has 82 valence electrons. The van der Waals surface area contributed by atoms with Crippen LogP contribution >= 0.6 is 11.6 Å². The highest BCUT2D eigenvalue weighted by Gasteiger charge is 2.34. The molecule has 0 bridgehead atoms. The number of anilines is 1. The Hall–Kier alpha value is -1.30. The Morgan fingerprint density at radius 1 is 1.33 bits per heavy atom. The zero-order chi connectivity index (χ0) is 11.6. The van der Waals surface area contributed by atoms with Crippen molar-refractivity contribution in [2.45, 2.75) is 6.18 Å². The molecule has 0 aliphatic carbocycles. The molecule has 0 aromatic heterocycles. The van der Waals surface area contributed by atoms with E-state index in [2.05, 4.69) is 0 Å². The van der Waals surface area contributed by atoms with Gasteiger partial charge in [0.05, 0.1) is 5.56 Å². The van der Waals surface area contributed by atoms with E-state index in [1.54, 1.807) is 0 Å². The number of carbonyl (C=O) groups is 1. The highest BCUT2D eigenvalue weighted by Crippen LogP contribution is 2.32. The van der Waals surface area contributed by atoms with Gasteiger partial charge in [-0.15, -0.1) is 0 Å². The molecule has 0 radical (unpaired) electrons. The summed E-state index contributed by atoms with van der Waals surface area (Å²) in [7, 11) is 0. The molecular weight excluding hydrogens is 238 g/mol. The third-order valence-electron chi connectivity index (χ3n) is 1.51. The lowest BCUT2D eigenvalue weighted by Gasteiger charge is -2.09. The smallest absolute Gasteiger partial charge is 0.312 e. The lowest BCUT2D eigenvalue weighted by Crippen LogP contribution is -2.10. The summed E-state index contributed by atoms with van der Waals surface area (Å²) < 4.78 is 49.3. The molecule has 0 aliphatic heterocycles. The van der Waals surface area contributed by atoms with E-state index in [4.69, 9.17) is 11.6 Å². The van der Waals surface area contributed by atoms with Gasteiger partial charge in [-0.1, -0.05) is 0 Å². The van der Waals surface area contributed by atoms with E-state index in [-0.39, 0.29) is 5.69 Å². The monoisotopic (exact) mass is 241 g/mol. The van der Waals surface area contributed by atoms with Crippen LogP contribution in [0.3, 0.4) is 0 Å². The SMILES string of the molecule is O=C(Cl)Nc1ccc(F)c(C(F)(F)F)c1. The molecule has 0 aliphatic rings. The average Bonchev–Trinajstić information content (AvgIpc) is 2.05. The van der Waals surface area contributed by atoms with Gasteiger partial charge in [0.15, 0.2) is 0 Å². The Labute approximate surface area is 86.8 Å². The largest absolute Gasteiger partial charge is 0.419 e. The maximum absolute atomic E-state index is 12.7. The molecule has 1 aromatic rings. The fraction of sp³-hybridized carbons (Fsp3) is 0.125. The minimum atomic E-state index is -4.81. The molecule has 0 spiro atoms. The van der Waals surface area contributed by atoms with E-state index >= 15 is 0 Å². The Balaban J connectivity index is 3.11. The van der Waals surface area contributed by atoms with E-state index in [0.717, 1.165) is 6.07 Å². The predicted molar refractivity (Wildman–Crippen MR) is 46.3 cm³/mol. The fourth-order valence-electron chi connectivity index (χ4n) is 0.934. The molecule has 0 saturated heterocycles. The van der Waals surface area contributed by atoms with Gasteiger partial charge in [-0.05, 0) is 29.8 Å². The minimum Gasteiger partial charge on any atom is -0.312 e. The first-order chi connectivity index (χ1) is 6.80. The summed E-state index contributed by atoms with van der Waals surface area (Å²) in [4.78, 5) is 10.3. The summed E-state index contributed by atoms with van der Waals surface area (Å²) in [6.07, 6.45) is -4.81. The Kier molecular flexibility index (Phi) is 3.18.